The van der Waals surface area contributed by atoms with Gasteiger partial charge in [0.25, 0.3) is 11.4 Å². The van der Waals surface area contributed by atoms with Crippen LogP contribution in [-0.2, 0) is 9.84 Å². The SMILES string of the molecule is O=[N+]([O-])c1ccc(Sc2cccc(S(=O)(=O)c3cccc(Sc4ccc([N+](=O)[O-])cc4)c3)c2)cc1. The molecule has 0 saturated carbocycles. The highest BCUT2D eigenvalue weighted by Crippen LogP contribution is 2.34. The lowest BCUT2D eigenvalue weighted by Crippen LogP contribution is -2.02. The summed E-state index contributed by atoms with van der Waals surface area (Å²) in [4.78, 5) is 23.8. The quantitative estimate of drug-likeness (QED) is 0.186. The van der Waals surface area contributed by atoms with Crippen LogP contribution in [0.25, 0.3) is 0 Å². The van der Waals surface area contributed by atoms with Crippen LogP contribution in [0.3, 0.4) is 0 Å². The Balaban J connectivity index is 1.55. The molecule has 0 atom stereocenters. The van der Waals surface area contributed by atoms with E-state index >= 15 is 0 Å². The molecule has 0 fully saturated rings. The summed E-state index contributed by atoms with van der Waals surface area (Å²) in [5, 5.41) is 21.7. The number of hydrogen-bond donors (Lipinski definition) is 0. The molecule has 176 valence electrons. The van der Waals surface area contributed by atoms with E-state index in [1.807, 2.05) is 0 Å². The number of hydrogen-bond acceptors (Lipinski definition) is 8. The van der Waals surface area contributed by atoms with Crippen LogP contribution in [0.1, 0.15) is 0 Å². The lowest BCUT2D eigenvalue weighted by molar-refractivity contribution is -0.385. The lowest BCUT2D eigenvalue weighted by atomic mass is 10.3. The summed E-state index contributed by atoms with van der Waals surface area (Å²) < 4.78 is 26.6. The maximum absolute atomic E-state index is 13.3. The Hall–Kier alpha value is -3.67. The fourth-order valence-corrected chi connectivity index (χ4v) is 6.34. The van der Waals surface area contributed by atoms with Gasteiger partial charge in [-0.15, -0.1) is 0 Å². The monoisotopic (exact) mass is 524 g/mol. The van der Waals surface area contributed by atoms with Gasteiger partial charge in [-0.2, -0.15) is 0 Å². The number of sulfone groups is 1. The van der Waals surface area contributed by atoms with Crippen LogP contribution >= 0.6 is 23.5 Å². The highest BCUT2D eigenvalue weighted by molar-refractivity contribution is 7.99. The van der Waals surface area contributed by atoms with E-state index in [1.54, 1.807) is 60.7 Å². The van der Waals surface area contributed by atoms with Gasteiger partial charge in [-0.1, -0.05) is 35.7 Å². The van der Waals surface area contributed by atoms with Gasteiger partial charge in [-0.25, -0.2) is 8.42 Å². The summed E-state index contributed by atoms with van der Waals surface area (Å²) in [6.45, 7) is 0. The van der Waals surface area contributed by atoms with Crippen LogP contribution in [0.2, 0.25) is 0 Å². The first-order valence-corrected chi connectivity index (χ1v) is 13.1. The molecule has 0 spiro atoms. The van der Waals surface area contributed by atoms with Gasteiger partial charge in [-0.3, -0.25) is 20.2 Å². The molecule has 0 aliphatic heterocycles. The van der Waals surface area contributed by atoms with Crippen LogP contribution in [0.5, 0.6) is 0 Å². The third-order valence-corrected chi connectivity index (χ3v) is 8.54. The van der Waals surface area contributed by atoms with E-state index in [0.717, 1.165) is 9.79 Å². The first-order chi connectivity index (χ1) is 16.7. The first kappa shape index (κ1) is 24.5. The zero-order valence-electron chi connectivity index (χ0n) is 17.8. The van der Waals surface area contributed by atoms with E-state index in [4.69, 9.17) is 0 Å². The second-order valence-corrected chi connectivity index (χ2v) is 11.4. The highest BCUT2D eigenvalue weighted by Gasteiger charge is 2.19. The van der Waals surface area contributed by atoms with Crippen molar-refractivity contribution in [1.82, 2.24) is 0 Å². The van der Waals surface area contributed by atoms with Crippen LogP contribution < -0.4 is 0 Å². The van der Waals surface area contributed by atoms with Gasteiger partial charge in [0.2, 0.25) is 9.84 Å². The summed E-state index contributed by atoms with van der Waals surface area (Å²) >= 11 is 2.60. The molecule has 0 unspecified atom stereocenters. The third-order valence-electron chi connectivity index (χ3n) is 4.80. The maximum atomic E-state index is 13.3. The van der Waals surface area contributed by atoms with E-state index in [9.17, 15) is 28.6 Å². The van der Waals surface area contributed by atoms with Gasteiger partial charge < -0.3 is 0 Å². The molecule has 11 heteroatoms. The molecule has 4 aromatic carbocycles. The number of benzene rings is 4. The third kappa shape index (κ3) is 5.88. The number of non-ortho nitro benzene ring substituents is 2. The van der Waals surface area contributed by atoms with E-state index in [0.29, 0.717) is 9.79 Å². The average molecular weight is 525 g/mol. The Morgan fingerprint density at radius 1 is 0.543 bits per heavy atom. The van der Waals surface area contributed by atoms with E-state index < -0.39 is 19.7 Å². The molecule has 4 rings (SSSR count). The second kappa shape index (κ2) is 10.3. The molecular weight excluding hydrogens is 508 g/mol. The minimum absolute atomic E-state index is 0.0165. The van der Waals surface area contributed by atoms with Crippen molar-refractivity contribution < 1.29 is 18.3 Å². The fourth-order valence-electron chi connectivity index (χ4n) is 3.09. The predicted molar refractivity (Wildman–Crippen MR) is 133 cm³/mol. The number of nitro groups is 2. The second-order valence-electron chi connectivity index (χ2n) is 7.16. The summed E-state index contributed by atoms with van der Waals surface area (Å²) in [6, 6.07) is 25.1. The molecule has 0 aromatic heterocycles. The van der Waals surface area contributed by atoms with Crippen LogP contribution in [0.4, 0.5) is 11.4 Å². The molecule has 0 aliphatic carbocycles. The van der Waals surface area contributed by atoms with Crippen molar-refractivity contribution >= 4 is 44.7 Å². The number of nitro benzene ring substituents is 2. The molecule has 0 amide bonds. The Kier molecular flexibility index (Phi) is 7.20. The molecule has 0 heterocycles. The van der Waals surface area contributed by atoms with Gasteiger partial charge >= 0.3 is 0 Å². The number of rotatable bonds is 8. The molecule has 35 heavy (non-hydrogen) atoms. The molecule has 0 aliphatic rings. The summed E-state index contributed by atoms with van der Waals surface area (Å²) in [5.74, 6) is 0. The molecule has 0 radical (unpaired) electrons. The maximum Gasteiger partial charge on any atom is 0.269 e. The molecule has 0 saturated heterocycles. The van der Waals surface area contributed by atoms with Gasteiger partial charge in [0, 0.05) is 43.8 Å². The highest BCUT2D eigenvalue weighted by atomic mass is 32.2. The molecule has 0 bridgehead atoms. The van der Waals surface area contributed by atoms with Crippen molar-refractivity contribution in [3.63, 3.8) is 0 Å². The standard InChI is InChI=1S/C24H16N2O6S3/c27-25(28)17-7-11-19(12-8-17)33-21-3-1-5-23(15-21)35(31,32)24-6-2-4-22(16-24)34-20-13-9-18(10-14-20)26(29)30/h1-16H. The van der Waals surface area contributed by atoms with Crippen LogP contribution in [0, 0.1) is 20.2 Å². The van der Waals surface area contributed by atoms with Crippen LogP contribution in [-0.4, -0.2) is 18.3 Å². The normalized spacial score (nSPS) is 11.2. The molecule has 0 N–H and O–H groups in total. The fraction of sp³-hybridized carbons (Fsp3) is 0. The number of nitrogens with zero attached hydrogens (tertiary/aromatic N) is 2. The first-order valence-electron chi connectivity index (χ1n) is 10.0. The minimum Gasteiger partial charge on any atom is -0.258 e. The Morgan fingerprint density at radius 2 is 0.914 bits per heavy atom. The predicted octanol–water partition coefficient (Wildman–Crippen LogP) is 6.64. The smallest absolute Gasteiger partial charge is 0.258 e. The Bertz CT molecular complexity index is 1400. The summed E-state index contributed by atoms with van der Waals surface area (Å²) in [6.07, 6.45) is 0. The Morgan fingerprint density at radius 3 is 1.26 bits per heavy atom. The average Bonchev–Trinajstić information content (AvgIpc) is 2.85. The van der Waals surface area contributed by atoms with Crippen molar-refractivity contribution in [3.8, 4) is 0 Å². The van der Waals surface area contributed by atoms with E-state index in [-0.39, 0.29) is 21.2 Å². The minimum atomic E-state index is -3.81. The molecule has 4 aromatic rings. The zero-order valence-corrected chi connectivity index (χ0v) is 20.3. The van der Waals surface area contributed by atoms with Gasteiger partial charge in [0.15, 0.2) is 0 Å². The van der Waals surface area contributed by atoms with Crippen molar-refractivity contribution in [2.75, 3.05) is 0 Å². The largest absolute Gasteiger partial charge is 0.269 e. The van der Waals surface area contributed by atoms with Crippen molar-refractivity contribution in [1.29, 1.82) is 0 Å². The molecular formula is C24H16N2O6S3. The topological polar surface area (TPSA) is 120 Å². The summed E-state index contributed by atoms with van der Waals surface area (Å²) in [7, 11) is -3.81. The van der Waals surface area contributed by atoms with Gasteiger partial charge in [0.1, 0.15) is 0 Å². The van der Waals surface area contributed by atoms with Crippen molar-refractivity contribution in [2.45, 2.75) is 29.4 Å². The molecule has 8 nitrogen and oxygen atoms in total. The lowest BCUT2D eigenvalue weighted by Gasteiger charge is -2.09. The van der Waals surface area contributed by atoms with Crippen LogP contribution in [0.15, 0.2) is 126 Å². The van der Waals surface area contributed by atoms with E-state index in [2.05, 4.69) is 0 Å². The summed E-state index contributed by atoms with van der Waals surface area (Å²) in [5.41, 5.74) is -0.0330. The zero-order chi connectivity index (χ0) is 25.0. The van der Waals surface area contributed by atoms with Crippen molar-refractivity contribution in [3.05, 3.63) is 117 Å². The van der Waals surface area contributed by atoms with E-state index in [1.165, 1.54) is 59.9 Å². The van der Waals surface area contributed by atoms with Gasteiger partial charge in [0.05, 0.1) is 19.6 Å². The Labute approximate surface area is 209 Å². The van der Waals surface area contributed by atoms with Gasteiger partial charge in [-0.05, 0) is 60.7 Å². The van der Waals surface area contributed by atoms with Crippen molar-refractivity contribution in [2.24, 2.45) is 0 Å².